The van der Waals surface area contributed by atoms with E-state index in [1.54, 1.807) is 0 Å². The number of hydrogen-bond acceptors (Lipinski definition) is 7. The minimum Gasteiger partial charge on any atom is -0.462 e. The van der Waals surface area contributed by atoms with E-state index in [9.17, 15) is 19.0 Å². The number of phosphoric acid groups is 1. The average molecular weight is 863 g/mol. The van der Waals surface area contributed by atoms with Crippen LogP contribution in [0, 0.1) is 0 Å². The van der Waals surface area contributed by atoms with Gasteiger partial charge in [-0.15, -0.1) is 0 Å². The highest BCUT2D eigenvalue weighted by Crippen LogP contribution is 2.43. The summed E-state index contributed by atoms with van der Waals surface area (Å²) in [4.78, 5) is 35.4. The molecule has 0 rings (SSSR count). The molecule has 0 aliphatic heterocycles. The summed E-state index contributed by atoms with van der Waals surface area (Å²) in [6.07, 6.45) is 52.5. The number of hydrogen-bond donors (Lipinski definition) is 1. The van der Waals surface area contributed by atoms with Crippen LogP contribution in [-0.4, -0.2) is 74.9 Å². The summed E-state index contributed by atoms with van der Waals surface area (Å²) in [6, 6.07) is 0. The van der Waals surface area contributed by atoms with Gasteiger partial charge in [0.2, 0.25) is 0 Å². The van der Waals surface area contributed by atoms with Crippen molar-refractivity contribution in [1.29, 1.82) is 0 Å². The third-order valence-electron chi connectivity index (χ3n) is 9.72. The van der Waals surface area contributed by atoms with Crippen molar-refractivity contribution in [2.24, 2.45) is 0 Å². The summed E-state index contributed by atoms with van der Waals surface area (Å²) in [5, 5.41) is 0. The molecule has 2 atom stereocenters. The molecule has 9 nitrogen and oxygen atoms in total. The van der Waals surface area contributed by atoms with Gasteiger partial charge in [-0.3, -0.25) is 18.6 Å². The molecule has 0 bridgehead atoms. The van der Waals surface area contributed by atoms with Gasteiger partial charge in [-0.25, -0.2) is 4.57 Å². The van der Waals surface area contributed by atoms with E-state index < -0.39 is 32.5 Å². The van der Waals surface area contributed by atoms with Crippen molar-refractivity contribution in [3.63, 3.8) is 0 Å². The van der Waals surface area contributed by atoms with E-state index >= 15 is 0 Å². The van der Waals surface area contributed by atoms with E-state index in [1.165, 1.54) is 103 Å². The van der Waals surface area contributed by atoms with Crippen LogP contribution in [0.15, 0.2) is 72.9 Å². The maximum absolute atomic E-state index is 12.7. The molecule has 0 saturated heterocycles. The molecule has 0 saturated carbocycles. The van der Waals surface area contributed by atoms with Crippen LogP contribution in [0.4, 0.5) is 0 Å². The number of quaternary nitrogens is 1. The van der Waals surface area contributed by atoms with E-state index in [4.69, 9.17) is 18.5 Å². The molecule has 346 valence electrons. The minimum absolute atomic E-state index is 0.0152. The molecular weight excluding hydrogens is 774 g/mol. The number of ether oxygens (including phenoxy) is 2. The van der Waals surface area contributed by atoms with Gasteiger partial charge in [0.1, 0.15) is 19.8 Å². The molecule has 0 heterocycles. The molecule has 10 heteroatoms. The van der Waals surface area contributed by atoms with E-state index in [2.05, 4.69) is 74.6 Å². The molecule has 0 amide bonds. The van der Waals surface area contributed by atoms with Gasteiger partial charge in [0, 0.05) is 12.8 Å². The van der Waals surface area contributed by atoms with Crippen LogP contribution < -0.4 is 0 Å². The zero-order valence-corrected chi connectivity index (χ0v) is 39.8. The standard InChI is InChI=1S/C50H88NO8P/c1-6-8-10-12-14-16-18-20-22-24-25-27-29-31-33-35-37-39-41-43-50(53)59-48(47-58-60(54,55)57-45-44-51(3,4)5)46-56-49(52)42-40-38-36-34-32-30-28-26-23-21-19-17-15-13-11-9-7-2/h14,16-17,19-20,22,25,27,31,33,37,39,48H,6-13,15,18,21,23-24,26,28-30,32,34-36,38,40-47H2,1-5H3/p+1/b16-14+,19-17+,22-20+,27-25+,33-31+,39-37+/t48-/m1/s1. The van der Waals surface area contributed by atoms with Gasteiger partial charge in [-0.05, 0) is 77.0 Å². The second kappa shape index (κ2) is 41.8. The van der Waals surface area contributed by atoms with Crippen LogP contribution in [0.1, 0.15) is 181 Å². The molecule has 0 aliphatic carbocycles. The van der Waals surface area contributed by atoms with Gasteiger partial charge >= 0.3 is 19.8 Å². The van der Waals surface area contributed by atoms with Crippen LogP contribution in [0.2, 0.25) is 0 Å². The fourth-order valence-electron chi connectivity index (χ4n) is 5.99. The molecule has 0 fully saturated rings. The Hall–Kier alpha value is -2.55. The lowest BCUT2D eigenvalue weighted by molar-refractivity contribution is -0.870. The van der Waals surface area contributed by atoms with Crippen LogP contribution >= 0.6 is 7.82 Å². The van der Waals surface area contributed by atoms with Crippen molar-refractivity contribution in [3.8, 4) is 0 Å². The highest BCUT2D eigenvalue weighted by Gasteiger charge is 2.27. The van der Waals surface area contributed by atoms with Gasteiger partial charge in [0.05, 0.1) is 27.7 Å². The first-order valence-corrected chi connectivity index (χ1v) is 25.2. The van der Waals surface area contributed by atoms with Crippen LogP contribution in [0.25, 0.3) is 0 Å². The van der Waals surface area contributed by atoms with Crippen molar-refractivity contribution < 1.29 is 42.1 Å². The summed E-state index contributed by atoms with van der Waals surface area (Å²) < 4.78 is 34.3. The monoisotopic (exact) mass is 863 g/mol. The Bertz CT molecular complexity index is 1250. The van der Waals surface area contributed by atoms with E-state index in [0.29, 0.717) is 17.4 Å². The number of unbranched alkanes of at least 4 members (excludes halogenated alkanes) is 16. The Morgan fingerprint density at radius 2 is 0.933 bits per heavy atom. The number of phosphoric ester groups is 1. The first kappa shape index (κ1) is 57.4. The van der Waals surface area contributed by atoms with Crippen molar-refractivity contribution in [1.82, 2.24) is 0 Å². The first-order chi connectivity index (χ1) is 29.0. The van der Waals surface area contributed by atoms with Crippen LogP contribution in [0.3, 0.4) is 0 Å². The largest absolute Gasteiger partial charge is 0.472 e. The highest BCUT2D eigenvalue weighted by atomic mass is 31.2. The normalized spacial score (nSPS) is 14.2. The van der Waals surface area contributed by atoms with Crippen molar-refractivity contribution >= 4 is 19.8 Å². The summed E-state index contributed by atoms with van der Waals surface area (Å²) in [7, 11) is 1.42. The number of allylic oxidation sites excluding steroid dienone is 12. The molecule has 0 aliphatic rings. The fourth-order valence-corrected chi connectivity index (χ4v) is 6.73. The average Bonchev–Trinajstić information content (AvgIpc) is 3.20. The number of nitrogens with zero attached hydrogens (tertiary/aromatic N) is 1. The molecule has 0 aromatic rings. The second-order valence-corrected chi connectivity index (χ2v) is 18.2. The lowest BCUT2D eigenvalue weighted by Crippen LogP contribution is -2.37. The second-order valence-electron chi connectivity index (χ2n) is 16.8. The Morgan fingerprint density at radius 3 is 1.45 bits per heavy atom. The zero-order chi connectivity index (χ0) is 44.3. The quantitative estimate of drug-likeness (QED) is 0.0212. The molecule has 0 radical (unpaired) electrons. The SMILES string of the molecule is CCCCC/C=C/C/C=C/C/C=C/C/C=C/C/C=C/CCC(=O)O[C@H](COC(=O)CCCCCCCCCCC/C=C/CCCCCC)COP(=O)(O)OCC[N+](C)(C)C. The molecule has 0 aromatic heterocycles. The molecular formula is C50H89NO8P+. The number of carbonyl (C=O) groups is 2. The van der Waals surface area contributed by atoms with Gasteiger partial charge in [-0.1, -0.05) is 164 Å². The first-order valence-electron chi connectivity index (χ1n) is 23.7. The highest BCUT2D eigenvalue weighted by molar-refractivity contribution is 7.47. The van der Waals surface area contributed by atoms with Crippen molar-refractivity contribution in [2.75, 3.05) is 47.5 Å². The van der Waals surface area contributed by atoms with Gasteiger partial charge < -0.3 is 18.9 Å². The summed E-state index contributed by atoms with van der Waals surface area (Å²) in [6.45, 7) is 4.29. The minimum atomic E-state index is -4.40. The molecule has 1 unspecified atom stereocenters. The summed E-state index contributed by atoms with van der Waals surface area (Å²) in [5.74, 6) is -0.900. The van der Waals surface area contributed by atoms with Crippen molar-refractivity contribution in [3.05, 3.63) is 72.9 Å². The maximum Gasteiger partial charge on any atom is 0.472 e. The van der Waals surface area contributed by atoms with E-state index in [0.717, 1.165) is 44.9 Å². The Morgan fingerprint density at radius 1 is 0.517 bits per heavy atom. The number of rotatable bonds is 42. The lowest BCUT2D eigenvalue weighted by atomic mass is 10.1. The zero-order valence-electron chi connectivity index (χ0n) is 38.9. The smallest absolute Gasteiger partial charge is 0.462 e. The third-order valence-corrected chi connectivity index (χ3v) is 10.7. The van der Waals surface area contributed by atoms with Crippen LogP contribution in [0.5, 0.6) is 0 Å². The molecule has 60 heavy (non-hydrogen) atoms. The van der Waals surface area contributed by atoms with Gasteiger partial charge in [0.15, 0.2) is 6.10 Å². The van der Waals surface area contributed by atoms with E-state index in [-0.39, 0.29) is 26.1 Å². The van der Waals surface area contributed by atoms with Crippen molar-refractivity contribution in [2.45, 2.75) is 187 Å². The van der Waals surface area contributed by atoms with Gasteiger partial charge in [0.25, 0.3) is 0 Å². The molecule has 1 N–H and O–H groups in total. The third kappa shape index (κ3) is 45.0. The summed E-state index contributed by atoms with van der Waals surface area (Å²) >= 11 is 0. The number of likely N-dealkylation sites (N-methyl/N-ethyl adjacent to an activating group) is 1. The molecule has 0 aromatic carbocycles. The van der Waals surface area contributed by atoms with Gasteiger partial charge in [-0.2, -0.15) is 0 Å². The maximum atomic E-state index is 12.7. The lowest BCUT2D eigenvalue weighted by Gasteiger charge is -2.24. The number of esters is 2. The topological polar surface area (TPSA) is 108 Å². The predicted octanol–water partition coefficient (Wildman–Crippen LogP) is 13.8. The Kier molecular flexibility index (Phi) is 40.0. The predicted molar refractivity (Wildman–Crippen MR) is 252 cm³/mol. The van der Waals surface area contributed by atoms with E-state index in [1.807, 2.05) is 33.3 Å². The van der Waals surface area contributed by atoms with Crippen LogP contribution in [-0.2, 0) is 32.7 Å². The summed E-state index contributed by atoms with van der Waals surface area (Å²) in [5.41, 5.74) is 0. The fraction of sp³-hybridized carbons (Fsp3) is 0.720. The Labute approximate surface area is 368 Å². The molecule has 0 spiro atoms. The Balaban J connectivity index is 4.45. The number of carbonyl (C=O) groups excluding carboxylic acids is 2.